The highest BCUT2D eigenvalue weighted by Crippen LogP contribution is 2.01. The number of nitrogens with one attached hydrogen (secondary N) is 1. The highest BCUT2D eigenvalue weighted by atomic mass is 16.5. The van der Waals surface area contributed by atoms with E-state index in [0.29, 0.717) is 0 Å². The maximum atomic E-state index is 10.9. The first kappa shape index (κ1) is 12.1. The Morgan fingerprint density at radius 2 is 1.86 bits per heavy atom. The van der Waals surface area contributed by atoms with E-state index in [1.165, 1.54) is 20.3 Å². The molecule has 0 aliphatic rings. The molecule has 3 radical (unpaired) electrons. The van der Waals surface area contributed by atoms with Gasteiger partial charge in [-0.1, -0.05) is 0 Å². The van der Waals surface area contributed by atoms with Crippen LogP contribution in [0.15, 0.2) is 6.07 Å². The summed E-state index contributed by atoms with van der Waals surface area (Å²) in [5.41, 5.74) is 0.158. The quantitative estimate of drug-likeness (QED) is 0.644. The number of nitrogens with zero attached hydrogens (tertiary/aromatic N) is 2. The maximum Gasteiger partial charge on any atom is 0.358 e. The van der Waals surface area contributed by atoms with Crippen LogP contribution in [0, 0.1) is 0 Å². The Morgan fingerprint density at radius 1 is 1.29 bits per heavy atom. The van der Waals surface area contributed by atoms with Crippen LogP contribution in [-0.2, 0) is 9.47 Å². The number of rotatable bonds is 2. The molecule has 75 valence electrons. The minimum Gasteiger partial charge on any atom is -0.464 e. The van der Waals surface area contributed by atoms with E-state index in [-0.39, 0.29) is 17.5 Å². The van der Waals surface area contributed by atoms with Gasteiger partial charge >= 0.3 is 11.9 Å². The van der Waals surface area contributed by atoms with E-state index in [0.717, 1.165) is 0 Å². The lowest BCUT2D eigenvalue weighted by Gasteiger charge is -1.91. The van der Waals surface area contributed by atoms with Gasteiger partial charge in [-0.3, -0.25) is 5.10 Å². The second-order valence-electron chi connectivity index (χ2n) is 2.15. The summed E-state index contributed by atoms with van der Waals surface area (Å²) < 4.78 is 8.79. The van der Waals surface area contributed by atoms with Gasteiger partial charge in [-0.15, -0.1) is 0 Å². The molecule has 0 saturated heterocycles. The molecule has 1 aromatic rings. The van der Waals surface area contributed by atoms with Crippen LogP contribution in [0.25, 0.3) is 0 Å². The summed E-state index contributed by atoms with van der Waals surface area (Å²) in [6.45, 7) is 0. The third-order valence-electron chi connectivity index (χ3n) is 1.38. The summed E-state index contributed by atoms with van der Waals surface area (Å²) in [7, 11) is 2.47. The summed E-state index contributed by atoms with van der Waals surface area (Å²) in [4.78, 5) is 21.8. The van der Waals surface area contributed by atoms with Gasteiger partial charge in [0.05, 0.1) is 14.2 Å². The number of aromatic nitrogens is 2. The predicted octanol–water partition coefficient (Wildman–Crippen LogP) is -0.498. The molecule has 1 heterocycles. The van der Waals surface area contributed by atoms with Gasteiger partial charge in [0, 0.05) is 12.2 Å². The van der Waals surface area contributed by atoms with E-state index in [1.807, 2.05) is 0 Å². The van der Waals surface area contributed by atoms with Crippen LogP contribution in [0.1, 0.15) is 21.0 Å². The molecule has 1 aromatic heterocycles. The van der Waals surface area contributed by atoms with Crippen LogP contribution in [0.2, 0.25) is 0 Å². The zero-order valence-electron chi connectivity index (χ0n) is 7.60. The van der Waals surface area contributed by atoms with Crippen molar-refractivity contribution in [2.45, 2.75) is 0 Å². The summed E-state index contributed by atoms with van der Waals surface area (Å²) >= 11 is 0. The first-order valence-electron chi connectivity index (χ1n) is 3.41. The van der Waals surface area contributed by atoms with Gasteiger partial charge in [-0.05, 0) is 0 Å². The smallest absolute Gasteiger partial charge is 0.358 e. The number of ether oxygens (including phenoxy) is 2. The Balaban J connectivity index is 0.00000169. The van der Waals surface area contributed by atoms with Crippen molar-refractivity contribution >= 4 is 11.9 Å². The Labute approximate surface area is 80.0 Å². The van der Waals surface area contributed by atoms with Crippen molar-refractivity contribution in [1.82, 2.24) is 16.3 Å². The minimum atomic E-state index is -0.605. The summed E-state index contributed by atoms with van der Waals surface area (Å²) in [5, 5.41) is 5.90. The number of aromatic amines is 1. The van der Waals surface area contributed by atoms with Gasteiger partial charge in [-0.25, -0.2) is 9.59 Å². The molecule has 14 heavy (non-hydrogen) atoms. The van der Waals surface area contributed by atoms with E-state index >= 15 is 0 Å². The normalized spacial score (nSPS) is 8.71. The van der Waals surface area contributed by atoms with Crippen LogP contribution in [0.5, 0.6) is 0 Å². The van der Waals surface area contributed by atoms with E-state index in [2.05, 4.69) is 19.7 Å². The van der Waals surface area contributed by atoms with E-state index in [1.54, 1.807) is 0 Å². The van der Waals surface area contributed by atoms with Gasteiger partial charge in [0.25, 0.3) is 0 Å². The molecular formula is C7H8N3O4. The van der Waals surface area contributed by atoms with E-state index < -0.39 is 11.9 Å². The Bertz CT molecular complexity index is 303. The molecule has 0 fully saturated rings. The lowest BCUT2D eigenvalue weighted by molar-refractivity contribution is 0.0588. The monoisotopic (exact) mass is 198 g/mol. The van der Waals surface area contributed by atoms with E-state index in [9.17, 15) is 9.59 Å². The molecular weight excluding hydrogens is 190 g/mol. The van der Waals surface area contributed by atoms with E-state index in [4.69, 9.17) is 0 Å². The molecule has 1 N–H and O–H groups in total. The molecule has 0 aliphatic carbocycles. The summed E-state index contributed by atoms with van der Waals surface area (Å²) in [5.74, 6) is -1.19. The lowest BCUT2D eigenvalue weighted by atomic mass is 10.3. The third-order valence-corrected chi connectivity index (χ3v) is 1.38. The van der Waals surface area contributed by atoms with Crippen molar-refractivity contribution in [1.29, 1.82) is 0 Å². The third kappa shape index (κ3) is 2.30. The molecule has 0 bridgehead atoms. The second kappa shape index (κ2) is 4.97. The fourth-order valence-electron chi connectivity index (χ4n) is 0.745. The van der Waals surface area contributed by atoms with Gasteiger partial charge in [0.15, 0.2) is 5.69 Å². The predicted molar refractivity (Wildman–Crippen MR) is 43.4 cm³/mol. The summed E-state index contributed by atoms with van der Waals surface area (Å²) in [6.07, 6.45) is 0. The van der Waals surface area contributed by atoms with Gasteiger partial charge in [0.1, 0.15) is 5.69 Å². The molecule has 0 unspecified atom stereocenters. The van der Waals surface area contributed by atoms with Crippen molar-refractivity contribution in [2.24, 2.45) is 0 Å². The van der Waals surface area contributed by atoms with Crippen molar-refractivity contribution in [3.63, 3.8) is 0 Å². The zero-order chi connectivity index (χ0) is 9.84. The van der Waals surface area contributed by atoms with Crippen molar-refractivity contribution in [2.75, 3.05) is 14.2 Å². The van der Waals surface area contributed by atoms with Crippen LogP contribution in [0.3, 0.4) is 0 Å². The number of H-pyrrole nitrogens is 1. The van der Waals surface area contributed by atoms with Crippen molar-refractivity contribution < 1.29 is 19.1 Å². The number of hydrogen-bond acceptors (Lipinski definition) is 5. The topological polar surface area (TPSA) is 112 Å². The van der Waals surface area contributed by atoms with Crippen LogP contribution in [0.4, 0.5) is 0 Å². The molecule has 0 amide bonds. The molecule has 7 heteroatoms. The van der Waals surface area contributed by atoms with Crippen LogP contribution >= 0.6 is 0 Å². The molecule has 0 spiro atoms. The van der Waals surface area contributed by atoms with Gasteiger partial charge in [-0.2, -0.15) is 5.10 Å². The number of hydrogen-bond donors (Lipinski definition) is 1. The van der Waals surface area contributed by atoms with Crippen molar-refractivity contribution in [3.05, 3.63) is 17.5 Å². The second-order valence-corrected chi connectivity index (χ2v) is 2.15. The molecule has 0 atom stereocenters. The molecule has 0 aliphatic heterocycles. The first-order chi connectivity index (χ1) is 6.19. The summed E-state index contributed by atoms with van der Waals surface area (Å²) in [6, 6.07) is 1.26. The first-order valence-corrected chi connectivity index (χ1v) is 3.41. The van der Waals surface area contributed by atoms with Crippen LogP contribution < -0.4 is 6.15 Å². The largest absolute Gasteiger partial charge is 0.464 e. The lowest BCUT2D eigenvalue weighted by Crippen LogP contribution is -2.01. The van der Waals surface area contributed by atoms with Crippen LogP contribution in [-0.4, -0.2) is 36.4 Å². The standard InChI is InChI=1S/C7H8N2O4.N/c1-12-6(10)4-3-5(9-8-4)7(11)13-2;/h3H,1-2H3,(H,8,9);. The molecule has 0 saturated carbocycles. The number of carbonyl (C=O) groups is 2. The average Bonchev–Trinajstić information content (AvgIpc) is 2.64. The number of carbonyl (C=O) groups excluding carboxylic acids is 2. The Hall–Kier alpha value is -1.89. The Kier molecular flexibility index (Phi) is 4.30. The molecule has 0 aromatic carbocycles. The minimum absolute atomic E-state index is 0. The fraction of sp³-hybridized carbons (Fsp3) is 0.286. The molecule has 1 rings (SSSR count). The number of esters is 2. The number of methoxy groups -OCH3 is 2. The highest BCUT2D eigenvalue weighted by molar-refractivity contribution is 5.92. The maximum absolute atomic E-state index is 10.9. The van der Waals surface area contributed by atoms with Gasteiger partial charge in [0.2, 0.25) is 0 Å². The molecule has 7 nitrogen and oxygen atoms in total. The fourth-order valence-corrected chi connectivity index (χ4v) is 0.745. The Morgan fingerprint density at radius 3 is 2.36 bits per heavy atom. The zero-order valence-corrected chi connectivity index (χ0v) is 7.60. The average molecular weight is 198 g/mol. The van der Waals surface area contributed by atoms with Gasteiger partial charge < -0.3 is 9.47 Å². The SMILES string of the molecule is COC(=O)c1cc(C(=O)OC)[nH]n1.[N]. The van der Waals surface area contributed by atoms with Crippen molar-refractivity contribution in [3.8, 4) is 0 Å². The highest BCUT2D eigenvalue weighted by Gasteiger charge is 2.14.